The molecule has 0 spiro atoms. The van der Waals surface area contributed by atoms with Gasteiger partial charge in [-0.3, -0.25) is 4.79 Å². The number of pyridine rings is 1. The van der Waals surface area contributed by atoms with Crippen molar-refractivity contribution < 1.29 is 9.50 Å². The van der Waals surface area contributed by atoms with Gasteiger partial charge in [0.25, 0.3) is 0 Å². The molecule has 0 amide bonds. The van der Waals surface area contributed by atoms with Crippen LogP contribution in [-0.2, 0) is 7.05 Å². The van der Waals surface area contributed by atoms with E-state index in [9.17, 15) is 19.2 Å². The quantitative estimate of drug-likeness (QED) is 0.562. The van der Waals surface area contributed by atoms with Crippen LogP contribution in [0.15, 0.2) is 64.7 Å². The lowest BCUT2D eigenvalue weighted by atomic mass is 9.82. The normalized spacial score (nSPS) is 13.1. The van der Waals surface area contributed by atoms with E-state index < -0.39 is 17.6 Å². The van der Waals surface area contributed by atoms with Crippen LogP contribution in [0.3, 0.4) is 0 Å². The maximum absolute atomic E-state index is 14.1. The van der Waals surface area contributed by atoms with Gasteiger partial charge in [0.1, 0.15) is 6.04 Å². The molecular weight excluding hydrogens is 395 g/mol. The Hall–Kier alpha value is -2.99. The third-order valence-corrected chi connectivity index (χ3v) is 5.30. The zero-order valence-corrected chi connectivity index (χ0v) is 16.7. The Kier molecular flexibility index (Phi) is 6.13. The Bertz CT molecular complexity index is 1110. The second-order valence-corrected chi connectivity index (χ2v) is 7.47. The van der Waals surface area contributed by atoms with Gasteiger partial charge in [-0.15, -0.1) is 0 Å². The SMILES string of the molecule is Cc1cc(Cl)ccc1C(CC(N=O)c1ccc(=O)n(C)c1)c1ccc(O)c(F)c1. The molecule has 0 fully saturated rings. The summed E-state index contributed by atoms with van der Waals surface area (Å²) in [6.45, 7) is 1.89. The molecule has 2 unspecified atom stereocenters. The van der Waals surface area contributed by atoms with Crippen LogP contribution in [0.2, 0.25) is 5.02 Å². The fourth-order valence-electron chi connectivity index (χ4n) is 3.49. The maximum Gasteiger partial charge on any atom is 0.250 e. The molecule has 0 bridgehead atoms. The number of hydrogen-bond acceptors (Lipinski definition) is 4. The third kappa shape index (κ3) is 4.54. The number of aromatic hydroxyl groups is 1. The Morgan fingerprint density at radius 2 is 1.86 bits per heavy atom. The number of nitroso groups, excluding NO2 is 1. The van der Waals surface area contributed by atoms with Gasteiger partial charge in [0.15, 0.2) is 11.6 Å². The summed E-state index contributed by atoms with van der Waals surface area (Å²) in [5.41, 5.74) is 2.77. The minimum atomic E-state index is -0.751. The second kappa shape index (κ2) is 8.57. The van der Waals surface area contributed by atoms with Crippen molar-refractivity contribution in [1.29, 1.82) is 0 Å². The van der Waals surface area contributed by atoms with Crippen molar-refractivity contribution in [2.24, 2.45) is 12.2 Å². The average Bonchev–Trinajstić information content (AvgIpc) is 2.68. The number of benzene rings is 2. The van der Waals surface area contributed by atoms with Crippen molar-refractivity contribution in [3.63, 3.8) is 0 Å². The summed E-state index contributed by atoms with van der Waals surface area (Å²) in [7, 11) is 1.60. The van der Waals surface area contributed by atoms with Crippen molar-refractivity contribution in [3.05, 3.63) is 103 Å². The summed E-state index contributed by atoms with van der Waals surface area (Å²) in [5.74, 6) is -1.55. The topological polar surface area (TPSA) is 71.7 Å². The Morgan fingerprint density at radius 1 is 1.14 bits per heavy atom. The molecule has 3 aromatic rings. The van der Waals surface area contributed by atoms with Crippen LogP contribution in [-0.4, -0.2) is 9.67 Å². The van der Waals surface area contributed by atoms with E-state index in [1.807, 2.05) is 13.0 Å². The minimum Gasteiger partial charge on any atom is -0.505 e. The van der Waals surface area contributed by atoms with Crippen LogP contribution in [0.4, 0.5) is 4.39 Å². The summed E-state index contributed by atoms with van der Waals surface area (Å²) < 4.78 is 15.5. The van der Waals surface area contributed by atoms with Gasteiger partial charge in [0.2, 0.25) is 5.56 Å². The number of phenolic OH excluding ortho intramolecular Hbond substituents is 1. The average molecular weight is 415 g/mol. The molecule has 2 aromatic carbocycles. The lowest BCUT2D eigenvalue weighted by Crippen LogP contribution is -2.16. The summed E-state index contributed by atoms with van der Waals surface area (Å²) in [4.78, 5) is 23.4. The number of nitrogens with zero attached hydrogens (tertiary/aromatic N) is 2. The predicted molar refractivity (Wildman–Crippen MR) is 111 cm³/mol. The first-order chi connectivity index (χ1) is 13.8. The summed E-state index contributed by atoms with van der Waals surface area (Å²) in [5, 5.41) is 13.4. The molecule has 1 N–H and O–H groups in total. The van der Waals surface area contributed by atoms with E-state index in [1.165, 1.54) is 22.8 Å². The molecule has 0 aliphatic heterocycles. The van der Waals surface area contributed by atoms with Crippen molar-refractivity contribution in [2.75, 3.05) is 0 Å². The van der Waals surface area contributed by atoms with Gasteiger partial charge >= 0.3 is 0 Å². The van der Waals surface area contributed by atoms with Gasteiger partial charge in [-0.25, -0.2) is 4.39 Å². The first-order valence-electron chi connectivity index (χ1n) is 9.03. The summed E-state index contributed by atoms with van der Waals surface area (Å²) in [6, 6.07) is 11.8. The zero-order valence-electron chi connectivity index (χ0n) is 16.0. The molecule has 7 heteroatoms. The van der Waals surface area contributed by atoms with E-state index in [0.29, 0.717) is 16.1 Å². The Morgan fingerprint density at radius 3 is 2.48 bits per heavy atom. The molecule has 29 heavy (non-hydrogen) atoms. The molecule has 1 heterocycles. The highest BCUT2D eigenvalue weighted by Crippen LogP contribution is 2.38. The van der Waals surface area contributed by atoms with E-state index in [1.54, 1.807) is 37.5 Å². The Balaban J connectivity index is 2.08. The number of hydrogen-bond donors (Lipinski definition) is 1. The number of rotatable bonds is 6. The smallest absolute Gasteiger partial charge is 0.250 e. The van der Waals surface area contributed by atoms with Gasteiger partial charge < -0.3 is 9.67 Å². The standard InChI is InChI=1S/C22H20ClFN2O3/c1-13-9-16(23)5-6-17(13)18(14-3-7-21(27)19(24)10-14)11-20(25-29)15-4-8-22(28)26(2)12-15/h3-10,12,18,20,27H,11H2,1-2H3. The summed E-state index contributed by atoms with van der Waals surface area (Å²) in [6.07, 6.45) is 1.84. The van der Waals surface area contributed by atoms with E-state index >= 15 is 0 Å². The second-order valence-electron chi connectivity index (χ2n) is 7.03. The monoisotopic (exact) mass is 414 g/mol. The fourth-order valence-corrected chi connectivity index (χ4v) is 3.71. The third-order valence-electron chi connectivity index (χ3n) is 5.06. The zero-order chi connectivity index (χ0) is 21.1. The van der Waals surface area contributed by atoms with Gasteiger partial charge in [0, 0.05) is 30.3 Å². The van der Waals surface area contributed by atoms with E-state index in [2.05, 4.69) is 5.18 Å². The maximum atomic E-state index is 14.1. The highest BCUT2D eigenvalue weighted by Gasteiger charge is 2.24. The lowest BCUT2D eigenvalue weighted by Gasteiger charge is -2.23. The van der Waals surface area contributed by atoms with E-state index in [-0.39, 0.29) is 17.9 Å². The fraction of sp³-hybridized carbons (Fsp3) is 0.227. The molecule has 5 nitrogen and oxygen atoms in total. The van der Waals surface area contributed by atoms with Crippen LogP contribution in [0.25, 0.3) is 0 Å². The van der Waals surface area contributed by atoms with Crippen molar-refractivity contribution >= 4 is 11.6 Å². The molecule has 0 saturated heterocycles. The molecule has 3 rings (SSSR count). The lowest BCUT2D eigenvalue weighted by molar-refractivity contribution is 0.431. The minimum absolute atomic E-state index is 0.191. The molecule has 0 saturated carbocycles. The molecule has 1 aromatic heterocycles. The van der Waals surface area contributed by atoms with Gasteiger partial charge in [0.05, 0.1) is 0 Å². The molecule has 0 radical (unpaired) electrons. The van der Waals surface area contributed by atoms with Crippen molar-refractivity contribution in [2.45, 2.75) is 25.3 Å². The van der Waals surface area contributed by atoms with Crippen LogP contribution >= 0.6 is 11.6 Å². The first-order valence-corrected chi connectivity index (χ1v) is 9.41. The van der Waals surface area contributed by atoms with Crippen molar-refractivity contribution in [3.8, 4) is 5.75 Å². The number of aromatic nitrogens is 1. The first kappa shape index (κ1) is 20.7. The van der Waals surface area contributed by atoms with Gasteiger partial charge in [-0.1, -0.05) is 28.9 Å². The molecule has 150 valence electrons. The van der Waals surface area contributed by atoms with Crippen LogP contribution in [0.5, 0.6) is 5.75 Å². The van der Waals surface area contributed by atoms with Gasteiger partial charge in [-0.05, 0) is 65.9 Å². The molecule has 2 atom stereocenters. The van der Waals surface area contributed by atoms with E-state index in [0.717, 1.165) is 11.1 Å². The van der Waals surface area contributed by atoms with E-state index in [4.69, 9.17) is 11.6 Å². The molecule has 0 aliphatic carbocycles. The highest BCUT2D eigenvalue weighted by molar-refractivity contribution is 6.30. The molecule has 0 aliphatic rings. The summed E-state index contributed by atoms with van der Waals surface area (Å²) >= 11 is 6.08. The van der Waals surface area contributed by atoms with Crippen LogP contribution in [0.1, 0.15) is 40.6 Å². The molecular formula is C22H20ClFN2O3. The number of phenols is 1. The van der Waals surface area contributed by atoms with Crippen molar-refractivity contribution in [1.82, 2.24) is 4.57 Å². The Labute approximate surface area is 172 Å². The van der Waals surface area contributed by atoms with Gasteiger partial charge in [-0.2, -0.15) is 4.91 Å². The number of aryl methyl sites for hydroxylation is 2. The van der Waals surface area contributed by atoms with Crippen LogP contribution in [0, 0.1) is 17.6 Å². The predicted octanol–water partition coefficient (Wildman–Crippen LogP) is 5.22. The largest absolute Gasteiger partial charge is 0.505 e. The number of halogens is 2. The van der Waals surface area contributed by atoms with Crippen LogP contribution < -0.4 is 5.56 Å². The highest BCUT2D eigenvalue weighted by atomic mass is 35.5.